The predicted molar refractivity (Wildman–Crippen MR) is 131 cm³/mol. The molecule has 0 spiro atoms. The summed E-state index contributed by atoms with van der Waals surface area (Å²) in [5.74, 6) is -0.467. The molecule has 9 nitrogen and oxygen atoms in total. The number of alkyl halides is 1. The number of benzene rings is 1. The van der Waals surface area contributed by atoms with Crippen LogP contribution in [0.15, 0.2) is 18.2 Å². The van der Waals surface area contributed by atoms with Crippen LogP contribution in [0.3, 0.4) is 0 Å². The van der Waals surface area contributed by atoms with Crippen molar-refractivity contribution in [3.63, 3.8) is 0 Å². The van der Waals surface area contributed by atoms with E-state index in [1.165, 1.54) is 23.8 Å². The van der Waals surface area contributed by atoms with E-state index >= 15 is 0 Å². The molecular weight excluding hydrogens is 514 g/mol. The largest absolute Gasteiger partial charge is 0.454 e. The summed E-state index contributed by atoms with van der Waals surface area (Å²) in [6.07, 6.45) is 0.0714. The maximum absolute atomic E-state index is 14.3. The van der Waals surface area contributed by atoms with Gasteiger partial charge in [0.25, 0.3) is 11.8 Å². The summed E-state index contributed by atoms with van der Waals surface area (Å²) in [5, 5.41) is 9.54. The fourth-order valence-corrected chi connectivity index (χ4v) is 7.38. The van der Waals surface area contributed by atoms with Crippen LogP contribution in [0.1, 0.15) is 45.2 Å². The number of piperazine rings is 1. The van der Waals surface area contributed by atoms with E-state index in [1.54, 1.807) is 32.0 Å². The van der Waals surface area contributed by atoms with E-state index in [2.05, 4.69) is 6.07 Å². The lowest BCUT2D eigenvalue weighted by Crippen LogP contribution is -2.71. The molecule has 186 valence electrons. The number of carbonyl (C=O) groups excluding carboxylic acids is 4. The number of hydrogen-bond donors (Lipinski definition) is 0. The van der Waals surface area contributed by atoms with Gasteiger partial charge in [-0.25, -0.2) is 0 Å². The third kappa shape index (κ3) is 3.77. The lowest BCUT2D eigenvalue weighted by Gasteiger charge is -2.52. The standard InChI is InChI=1S/C23H24ClN3O6S2/c1-5-16(28)34-22(3)19(30)27-18(13-6-7-14-15(8-13)33-12-32-14)21(2,11-25)10-23(27,20(31)26(22)4)35-17(29)9-24/h6-8,18H,5,9-10,12H2,1-4H3/t18-,21+,22-,23-/m0/s1. The van der Waals surface area contributed by atoms with Gasteiger partial charge in [0, 0.05) is 19.9 Å². The van der Waals surface area contributed by atoms with E-state index < -0.39 is 38.1 Å². The van der Waals surface area contributed by atoms with Crippen LogP contribution in [0.2, 0.25) is 0 Å². The molecule has 0 saturated carbocycles. The topological polar surface area (TPSA) is 117 Å². The molecule has 2 fully saturated rings. The molecule has 0 unspecified atom stereocenters. The van der Waals surface area contributed by atoms with Crippen molar-refractivity contribution in [3.05, 3.63) is 23.8 Å². The van der Waals surface area contributed by atoms with Gasteiger partial charge in [0.2, 0.25) is 11.9 Å². The molecule has 12 heteroatoms. The first-order chi connectivity index (χ1) is 16.5. The monoisotopic (exact) mass is 537 g/mol. The average molecular weight is 538 g/mol. The number of likely N-dealkylation sites (N-methyl/N-ethyl adjacent to an activating group) is 1. The van der Waals surface area contributed by atoms with Gasteiger partial charge in [-0.2, -0.15) is 5.26 Å². The zero-order valence-electron chi connectivity index (χ0n) is 19.6. The van der Waals surface area contributed by atoms with Crippen molar-refractivity contribution in [3.8, 4) is 17.6 Å². The second-order valence-electron chi connectivity index (χ2n) is 8.96. The molecule has 3 aliphatic rings. The molecule has 3 aliphatic heterocycles. The Morgan fingerprint density at radius 3 is 2.49 bits per heavy atom. The predicted octanol–water partition coefficient (Wildman–Crippen LogP) is 3.27. The molecule has 0 aliphatic carbocycles. The van der Waals surface area contributed by atoms with Crippen molar-refractivity contribution >= 4 is 57.2 Å². The van der Waals surface area contributed by atoms with E-state index in [9.17, 15) is 24.4 Å². The Morgan fingerprint density at radius 2 is 1.86 bits per heavy atom. The van der Waals surface area contributed by atoms with Gasteiger partial charge in [-0.05, 0) is 55.1 Å². The van der Waals surface area contributed by atoms with Crippen molar-refractivity contribution in [2.24, 2.45) is 5.41 Å². The van der Waals surface area contributed by atoms with Gasteiger partial charge in [0.1, 0.15) is 0 Å². The van der Waals surface area contributed by atoms with Crippen LogP contribution < -0.4 is 9.47 Å². The molecule has 3 heterocycles. The van der Waals surface area contributed by atoms with Gasteiger partial charge in [-0.15, -0.1) is 11.6 Å². The fourth-order valence-electron chi connectivity index (χ4n) is 4.91. The third-order valence-corrected chi connectivity index (χ3v) is 9.70. The van der Waals surface area contributed by atoms with E-state index in [0.29, 0.717) is 28.8 Å². The first kappa shape index (κ1) is 25.7. The summed E-state index contributed by atoms with van der Waals surface area (Å²) in [7, 11) is 1.44. The highest BCUT2D eigenvalue weighted by Crippen LogP contribution is 2.62. The molecule has 1 aromatic rings. The molecule has 0 N–H and O–H groups in total. The Labute approximate surface area is 216 Å². The maximum atomic E-state index is 14.3. The number of fused-ring (bicyclic) bond motifs is 2. The Bertz CT molecular complexity index is 1170. The number of thioether (sulfide) groups is 2. The fraction of sp³-hybridized carbons (Fsp3) is 0.522. The van der Waals surface area contributed by atoms with Gasteiger partial charge in [0.05, 0.1) is 23.4 Å². The summed E-state index contributed by atoms with van der Waals surface area (Å²) >= 11 is 7.23. The molecule has 4 atom stereocenters. The zero-order chi connectivity index (χ0) is 25.8. The molecule has 35 heavy (non-hydrogen) atoms. The van der Waals surface area contributed by atoms with Gasteiger partial charge in [-0.3, -0.25) is 19.2 Å². The van der Waals surface area contributed by atoms with Gasteiger partial charge in [0.15, 0.2) is 26.4 Å². The summed E-state index contributed by atoms with van der Waals surface area (Å²) in [6, 6.07) is 6.48. The summed E-state index contributed by atoms with van der Waals surface area (Å²) in [4.78, 5) is 52.6. The second-order valence-corrected chi connectivity index (χ2v) is 12.0. The number of carbonyl (C=O) groups is 4. The number of rotatable bonds is 5. The number of ether oxygens (including phenoxy) is 2. The Morgan fingerprint density at radius 1 is 1.17 bits per heavy atom. The highest BCUT2D eigenvalue weighted by atomic mass is 35.5. The van der Waals surface area contributed by atoms with E-state index in [-0.39, 0.29) is 30.6 Å². The van der Waals surface area contributed by atoms with Crippen LogP contribution >= 0.6 is 35.1 Å². The highest BCUT2D eigenvalue weighted by molar-refractivity contribution is 8.16. The molecule has 2 saturated heterocycles. The lowest BCUT2D eigenvalue weighted by atomic mass is 9.79. The Hall–Kier alpha value is -2.42. The molecule has 2 amide bonds. The van der Waals surface area contributed by atoms with Crippen molar-refractivity contribution in [1.29, 1.82) is 5.26 Å². The van der Waals surface area contributed by atoms with Crippen molar-refractivity contribution < 1.29 is 28.7 Å². The molecule has 0 aromatic heterocycles. The van der Waals surface area contributed by atoms with E-state index in [4.69, 9.17) is 21.1 Å². The summed E-state index contributed by atoms with van der Waals surface area (Å²) < 4.78 is 10.9. The van der Waals surface area contributed by atoms with Crippen LogP contribution in [0, 0.1) is 16.7 Å². The molecule has 0 bridgehead atoms. The van der Waals surface area contributed by atoms with E-state index in [0.717, 1.165) is 11.8 Å². The Balaban J connectivity index is 1.94. The SMILES string of the molecule is CCC(=O)S[C@@]1(C)C(=O)N2[C@@H](c3ccc4c(c3)OCO4)[C@@](C)(C#N)C[C@]2(SC(=O)CCl)C(=O)N1C. The molecule has 4 rings (SSSR count). The van der Waals surface area contributed by atoms with Gasteiger partial charge >= 0.3 is 0 Å². The van der Waals surface area contributed by atoms with Crippen LogP contribution in [0.25, 0.3) is 0 Å². The minimum absolute atomic E-state index is 0.0444. The van der Waals surface area contributed by atoms with Crippen LogP contribution in [-0.2, 0) is 19.2 Å². The average Bonchev–Trinajstić information content (AvgIpc) is 3.41. The maximum Gasteiger partial charge on any atom is 0.261 e. The lowest BCUT2D eigenvalue weighted by molar-refractivity contribution is -0.163. The van der Waals surface area contributed by atoms with Crippen LogP contribution in [0.5, 0.6) is 11.5 Å². The van der Waals surface area contributed by atoms with Gasteiger partial charge in [-0.1, -0.05) is 13.0 Å². The first-order valence-corrected chi connectivity index (χ1v) is 13.1. The number of halogens is 1. The van der Waals surface area contributed by atoms with Crippen LogP contribution in [-0.4, -0.2) is 61.3 Å². The normalized spacial score (nSPS) is 31.4. The first-order valence-electron chi connectivity index (χ1n) is 10.9. The smallest absolute Gasteiger partial charge is 0.261 e. The number of nitrogens with zero attached hydrogens (tertiary/aromatic N) is 3. The summed E-state index contributed by atoms with van der Waals surface area (Å²) in [6.45, 7) is 4.90. The Kier molecular flexibility index (Phi) is 6.53. The number of nitriles is 1. The van der Waals surface area contributed by atoms with Crippen molar-refractivity contribution in [2.75, 3.05) is 19.7 Å². The second kappa shape index (κ2) is 8.91. The minimum atomic E-state index is -1.70. The molecule has 0 radical (unpaired) electrons. The van der Waals surface area contributed by atoms with Gasteiger partial charge < -0.3 is 19.3 Å². The van der Waals surface area contributed by atoms with Crippen LogP contribution in [0.4, 0.5) is 0 Å². The molecular formula is C23H24ClN3O6S2. The van der Waals surface area contributed by atoms with E-state index in [1.807, 2.05) is 0 Å². The highest BCUT2D eigenvalue weighted by Gasteiger charge is 2.71. The molecule has 1 aromatic carbocycles. The third-order valence-electron chi connectivity index (χ3n) is 6.71. The number of hydrogen-bond acceptors (Lipinski definition) is 9. The minimum Gasteiger partial charge on any atom is -0.454 e. The van der Waals surface area contributed by atoms with Crippen molar-refractivity contribution in [1.82, 2.24) is 9.80 Å². The van der Waals surface area contributed by atoms with Crippen molar-refractivity contribution in [2.45, 2.75) is 49.4 Å². The number of amides is 2. The summed E-state index contributed by atoms with van der Waals surface area (Å²) in [5.41, 5.74) is -0.691. The zero-order valence-corrected chi connectivity index (χ0v) is 22.0. The quantitative estimate of drug-likeness (QED) is 0.521.